The fourth-order valence-electron chi connectivity index (χ4n) is 1.03. The summed E-state index contributed by atoms with van der Waals surface area (Å²) in [7, 11) is 4.18. The molecule has 0 aromatic rings. The van der Waals surface area contributed by atoms with Crippen molar-refractivity contribution >= 4 is 0 Å². The molecule has 0 aromatic carbocycles. The highest BCUT2D eigenvalue weighted by molar-refractivity contribution is 5.10. The summed E-state index contributed by atoms with van der Waals surface area (Å²) < 4.78 is 0. The quantitative estimate of drug-likeness (QED) is 0.472. The third-order valence-electron chi connectivity index (χ3n) is 1.67. The van der Waals surface area contributed by atoms with Crippen molar-refractivity contribution in [3.8, 4) is 11.8 Å². The van der Waals surface area contributed by atoms with E-state index in [0.29, 0.717) is 6.04 Å². The van der Waals surface area contributed by atoms with Crippen LogP contribution in [0.2, 0.25) is 0 Å². The van der Waals surface area contributed by atoms with Gasteiger partial charge in [0.25, 0.3) is 0 Å². The Morgan fingerprint density at radius 1 is 1.44 bits per heavy atom. The average molecular weight is 123 g/mol. The molecule has 1 heteroatoms. The van der Waals surface area contributed by atoms with Crippen LogP contribution >= 0.6 is 0 Å². The second kappa shape index (κ2) is 2.89. The Morgan fingerprint density at radius 2 is 2.22 bits per heavy atom. The Kier molecular flexibility index (Phi) is 2.13. The zero-order chi connectivity index (χ0) is 6.69. The molecule has 1 rings (SSSR count). The minimum absolute atomic E-state index is 0.527. The lowest BCUT2D eigenvalue weighted by atomic mass is 10.1. The van der Waals surface area contributed by atoms with E-state index in [1.54, 1.807) is 0 Å². The summed E-state index contributed by atoms with van der Waals surface area (Å²) in [5, 5.41) is 0. The fourth-order valence-corrected chi connectivity index (χ4v) is 1.03. The van der Waals surface area contributed by atoms with Crippen molar-refractivity contribution in [3.05, 3.63) is 0 Å². The van der Waals surface area contributed by atoms with Gasteiger partial charge in [0.2, 0.25) is 0 Å². The lowest BCUT2D eigenvalue weighted by Gasteiger charge is -2.20. The fraction of sp³-hybridized carbons (Fsp3) is 0.750. The molecule has 50 valence electrons. The largest absolute Gasteiger partial charge is 0.296 e. The highest BCUT2D eigenvalue weighted by Crippen LogP contribution is 2.08. The van der Waals surface area contributed by atoms with Crippen LogP contribution in [0.3, 0.4) is 0 Å². The average Bonchev–Trinajstić information content (AvgIpc) is 1.90. The monoisotopic (exact) mass is 123 g/mol. The first-order valence-electron chi connectivity index (χ1n) is 3.45. The van der Waals surface area contributed by atoms with Gasteiger partial charge < -0.3 is 0 Å². The highest BCUT2D eigenvalue weighted by Gasteiger charge is 2.08. The summed E-state index contributed by atoms with van der Waals surface area (Å²) in [5.74, 6) is 6.32. The van der Waals surface area contributed by atoms with Crippen LogP contribution in [-0.4, -0.2) is 25.0 Å². The van der Waals surface area contributed by atoms with E-state index in [9.17, 15) is 0 Å². The topological polar surface area (TPSA) is 3.24 Å². The molecule has 1 nitrogen and oxygen atoms in total. The van der Waals surface area contributed by atoms with Crippen LogP contribution in [0, 0.1) is 11.8 Å². The minimum atomic E-state index is 0.527. The second-order valence-electron chi connectivity index (χ2n) is 2.69. The van der Waals surface area contributed by atoms with Gasteiger partial charge in [-0.2, -0.15) is 0 Å². The maximum Gasteiger partial charge on any atom is 0.0709 e. The summed E-state index contributed by atoms with van der Waals surface area (Å²) in [6.07, 6.45) is 3.63. The smallest absolute Gasteiger partial charge is 0.0709 e. The summed E-state index contributed by atoms with van der Waals surface area (Å²) in [5.41, 5.74) is 0. The van der Waals surface area contributed by atoms with Gasteiger partial charge in [-0.15, -0.1) is 5.92 Å². The Balaban J connectivity index is 2.46. The Hall–Kier alpha value is -0.480. The van der Waals surface area contributed by atoms with Crippen LogP contribution in [-0.2, 0) is 0 Å². The van der Waals surface area contributed by atoms with Gasteiger partial charge in [-0.25, -0.2) is 0 Å². The lowest BCUT2D eigenvalue weighted by molar-refractivity contribution is 0.329. The van der Waals surface area contributed by atoms with Gasteiger partial charge in [-0.1, -0.05) is 5.92 Å². The first-order chi connectivity index (χ1) is 4.30. The normalized spacial score (nSPS) is 25.4. The van der Waals surface area contributed by atoms with Crippen molar-refractivity contribution in [2.45, 2.75) is 25.3 Å². The molecule has 1 aliphatic carbocycles. The maximum absolute atomic E-state index is 3.19. The zero-order valence-electron chi connectivity index (χ0n) is 6.15. The molecule has 0 N–H and O–H groups in total. The maximum atomic E-state index is 3.19. The molecule has 0 radical (unpaired) electrons. The first-order valence-corrected chi connectivity index (χ1v) is 3.45. The van der Waals surface area contributed by atoms with Gasteiger partial charge >= 0.3 is 0 Å². The summed E-state index contributed by atoms with van der Waals surface area (Å²) in [6, 6.07) is 0.527. The third-order valence-corrected chi connectivity index (χ3v) is 1.67. The van der Waals surface area contributed by atoms with Gasteiger partial charge in [0.1, 0.15) is 0 Å². The summed E-state index contributed by atoms with van der Waals surface area (Å²) in [6.45, 7) is 0. The molecule has 0 saturated heterocycles. The van der Waals surface area contributed by atoms with Gasteiger partial charge in [-0.05, 0) is 26.9 Å². The van der Waals surface area contributed by atoms with Gasteiger partial charge in [-0.3, -0.25) is 4.90 Å². The molecule has 0 bridgehead atoms. The lowest BCUT2D eigenvalue weighted by Crippen LogP contribution is -2.27. The molecule has 0 fully saturated rings. The molecule has 0 heterocycles. The summed E-state index contributed by atoms with van der Waals surface area (Å²) in [4.78, 5) is 2.19. The van der Waals surface area contributed by atoms with E-state index >= 15 is 0 Å². The van der Waals surface area contributed by atoms with Gasteiger partial charge in [0.05, 0.1) is 6.04 Å². The van der Waals surface area contributed by atoms with E-state index in [4.69, 9.17) is 0 Å². The van der Waals surface area contributed by atoms with Gasteiger partial charge in [0.15, 0.2) is 0 Å². The first kappa shape index (κ1) is 6.64. The van der Waals surface area contributed by atoms with Crippen LogP contribution in [0.4, 0.5) is 0 Å². The van der Waals surface area contributed by atoms with Gasteiger partial charge in [0, 0.05) is 6.42 Å². The Labute approximate surface area is 57.0 Å². The molecule has 9 heavy (non-hydrogen) atoms. The number of nitrogens with zero attached hydrogens (tertiary/aromatic N) is 1. The van der Waals surface area contributed by atoms with Crippen LogP contribution < -0.4 is 0 Å². The molecule has 1 aliphatic rings. The van der Waals surface area contributed by atoms with Crippen LogP contribution in [0.15, 0.2) is 0 Å². The van der Waals surface area contributed by atoms with E-state index in [0.717, 1.165) is 6.42 Å². The molecule has 0 amide bonds. The zero-order valence-corrected chi connectivity index (χ0v) is 6.15. The molecule has 0 saturated carbocycles. The molecule has 1 atom stereocenters. The SMILES string of the molecule is CN(C)C1C#CCCC1. The molecule has 1 unspecified atom stereocenters. The Morgan fingerprint density at radius 3 is 2.56 bits per heavy atom. The molecule has 0 aliphatic heterocycles. The van der Waals surface area contributed by atoms with E-state index in [-0.39, 0.29) is 0 Å². The molecular formula is C8H13N. The molecular weight excluding hydrogens is 110 g/mol. The van der Waals surface area contributed by atoms with E-state index < -0.39 is 0 Å². The molecule has 0 spiro atoms. The summed E-state index contributed by atoms with van der Waals surface area (Å²) >= 11 is 0. The van der Waals surface area contributed by atoms with E-state index in [1.807, 2.05) is 0 Å². The predicted molar refractivity (Wildman–Crippen MR) is 39.1 cm³/mol. The minimum Gasteiger partial charge on any atom is -0.296 e. The Bertz CT molecular complexity index is 138. The van der Waals surface area contributed by atoms with Crippen molar-refractivity contribution < 1.29 is 0 Å². The second-order valence-corrected chi connectivity index (χ2v) is 2.69. The van der Waals surface area contributed by atoms with Crippen LogP contribution in [0.25, 0.3) is 0 Å². The van der Waals surface area contributed by atoms with Crippen molar-refractivity contribution in [2.24, 2.45) is 0 Å². The third kappa shape index (κ3) is 1.73. The number of hydrogen-bond acceptors (Lipinski definition) is 1. The standard InChI is InChI=1S/C8H13N/c1-9(2)8-6-4-3-5-7-8/h8H,3-4,6H2,1-2H3. The number of rotatable bonds is 1. The number of hydrogen-bond donors (Lipinski definition) is 0. The van der Waals surface area contributed by atoms with Crippen molar-refractivity contribution in [3.63, 3.8) is 0 Å². The van der Waals surface area contributed by atoms with Crippen molar-refractivity contribution in [1.29, 1.82) is 0 Å². The van der Waals surface area contributed by atoms with Crippen LogP contribution in [0.1, 0.15) is 19.3 Å². The van der Waals surface area contributed by atoms with Crippen molar-refractivity contribution in [1.82, 2.24) is 4.90 Å². The predicted octanol–water partition coefficient (Wildman–Crippen LogP) is 1.10. The highest BCUT2D eigenvalue weighted by atomic mass is 15.1. The van der Waals surface area contributed by atoms with Crippen LogP contribution in [0.5, 0.6) is 0 Å². The van der Waals surface area contributed by atoms with E-state index in [2.05, 4.69) is 30.8 Å². The van der Waals surface area contributed by atoms with Crippen molar-refractivity contribution in [2.75, 3.05) is 14.1 Å². The van der Waals surface area contributed by atoms with E-state index in [1.165, 1.54) is 12.8 Å². The molecule has 0 aromatic heterocycles.